The number of rotatable bonds is 16. The Bertz CT molecular complexity index is 1440. The van der Waals surface area contributed by atoms with E-state index in [-0.39, 0.29) is 24.0 Å². The van der Waals surface area contributed by atoms with Crippen LogP contribution >= 0.6 is 0 Å². The smallest absolute Gasteiger partial charge is 0.422 e. The number of carbonyl (C=O) groups excluding carboxylic acids is 1. The molecule has 0 saturated heterocycles. The van der Waals surface area contributed by atoms with Gasteiger partial charge in [-0.2, -0.15) is 28.1 Å². The van der Waals surface area contributed by atoms with Gasteiger partial charge in [-0.05, 0) is 48.4 Å². The Hall–Kier alpha value is -4.40. The zero-order chi connectivity index (χ0) is 30.6. The van der Waals surface area contributed by atoms with Crippen molar-refractivity contribution < 1.29 is 35.9 Å². The first-order valence-corrected chi connectivity index (χ1v) is 14.6. The third-order valence-electron chi connectivity index (χ3n) is 5.36. The Morgan fingerprint density at radius 1 is 0.976 bits per heavy atom. The fraction of sp³-hybridized carbons (Fsp3) is 0.333. The molecule has 1 aromatic heterocycles. The van der Waals surface area contributed by atoms with E-state index < -0.39 is 40.5 Å². The molecule has 0 fully saturated rings. The highest BCUT2D eigenvalue weighted by Gasteiger charge is 2.29. The molecule has 0 aliphatic heterocycles. The molecule has 1 heterocycles. The second-order valence-electron chi connectivity index (χ2n) is 8.93. The predicted octanol–water partition coefficient (Wildman–Crippen LogP) is 4.98. The third-order valence-corrected chi connectivity index (χ3v) is 6.53. The number of hydrogen-bond acceptors (Lipinski definition) is 10. The Morgan fingerprint density at radius 3 is 2.31 bits per heavy atom. The van der Waals surface area contributed by atoms with Gasteiger partial charge in [0.15, 0.2) is 6.61 Å². The maximum atomic E-state index is 12.7. The van der Waals surface area contributed by atoms with E-state index in [1.165, 1.54) is 24.3 Å². The van der Waals surface area contributed by atoms with Crippen LogP contribution in [0.15, 0.2) is 61.2 Å². The summed E-state index contributed by atoms with van der Waals surface area (Å²) in [5.74, 6) is -0.717. The number of benzene rings is 2. The van der Waals surface area contributed by atoms with Crippen molar-refractivity contribution in [3.8, 4) is 11.8 Å². The van der Waals surface area contributed by atoms with Crippen molar-refractivity contribution in [2.45, 2.75) is 38.9 Å². The number of unbranched alkanes of at least 4 members (excludes halogenated alkanes) is 2. The van der Waals surface area contributed by atoms with Gasteiger partial charge < -0.3 is 20.1 Å². The molecule has 42 heavy (non-hydrogen) atoms. The summed E-state index contributed by atoms with van der Waals surface area (Å²) in [6.07, 6.45) is -0.307. The molecule has 3 N–H and O–H groups in total. The lowest BCUT2D eigenvalue weighted by Gasteiger charge is -2.12. The van der Waals surface area contributed by atoms with Crippen LogP contribution in [0.4, 0.5) is 30.8 Å². The SMILES string of the molecule is C=CCS(=O)(=O)NC(=O)c1ccc(Nc2nc(NCc3ccc(OCCCCC)cc3)nc(OCC(F)(F)F)n2)cc1. The van der Waals surface area contributed by atoms with E-state index in [0.29, 0.717) is 12.3 Å². The quantitative estimate of drug-likeness (QED) is 0.150. The van der Waals surface area contributed by atoms with Crippen LogP contribution in [0.3, 0.4) is 0 Å². The van der Waals surface area contributed by atoms with E-state index in [4.69, 9.17) is 9.47 Å². The van der Waals surface area contributed by atoms with Crippen molar-refractivity contribution in [2.24, 2.45) is 0 Å². The molecule has 226 valence electrons. The molecule has 3 rings (SSSR count). The summed E-state index contributed by atoms with van der Waals surface area (Å²) in [4.78, 5) is 24.2. The van der Waals surface area contributed by atoms with Crippen molar-refractivity contribution in [2.75, 3.05) is 29.6 Å². The minimum absolute atomic E-state index is 0.0482. The van der Waals surface area contributed by atoms with E-state index in [9.17, 15) is 26.4 Å². The van der Waals surface area contributed by atoms with Crippen molar-refractivity contribution in [3.63, 3.8) is 0 Å². The summed E-state index contributed by atoms with van der Waals surface area (Å²) in [6, 6.07) is 12.3. The molecule has 2 aromatic carbocycles. The van der Waals surface area contributed by atoms with Crippen molar-refractivity contribution in [3.05, 3.63) is 72.3 Å². The highest BCUT2D eigenvalue weighted by atomic mass is 32.2. The fourth-order valence-corrected chi connectivity index (χ4v) is 4.15. The Morgan fingerprint density at radius 2 is 1.67 bits per heavy atom. The number of anilines is 3. The third kappa shape index (κ3) is 11.2. The first-order valence-electron chi connectivity index (χ1n) is 12.9. The molecule has 1 amide bonds. The first kappa shape index (κ1) is 32.1. The van der Waals surface area contributed by atoms with Gasteiger partial charge in [0.1, 0.15) is 5.75 Å². The molecular weight excluding hydrogens is 577 g/mol. The van der Waals surface area contributed by atoms with Gasteiger partial charge in [0.2, 0.25) is 21.9 Å². The van der Waals surface area contributed by atoms with E-state index in [0.717, 1.165) is 36.7 Å². The number of nitrogens with zero attached hydrogens (tertiary/aromatic N) is 3. The number of sulfonamides is 1. The van der Waals surface area contributed by atoms with Crippen LogP contribution < -0.4 is 24.8 Å². The van der Waals surface area contributed by atoms with E-state index >= 15 is 0 Å². The van der Waals surface area contributed by atoms with Crippen LogP contribution in [0.25, 0.3) is 0 Å². The molecule has 0 unspecified atom stereocenters. The molecule has 0 bridgehead atoms. The number of carbonyl (C=O) groups is 1. The second-order valence-corrected chi connectivity index (χ2v) is 10.7. The Labute approximate surface area is 241 Å². The maximum absolute atomic E-state index is 12.7. The largest absolute Gasteiger partial charge is 0.494 e. The van der Waals surface area contributed by atoms with Gasteiger partial charge in [0.25, 0.3) is 5.91 Å². The number of nitrogens with one attached hydrogen (secondary N) is 3. The maximum Gasteiger partial charge on any atom is 0.422 e. The monoisotopic (exact) mass is 608 g/mol. The molecule has 15 heteroatoms. The van der Waals surface area contributed by atoms with Crippen LogP contribution in [-0.4, -0.2) is 54.4 Å². The highest BCUT2D eigenvalue weighted by molar-refractivity contribution is 7.90. The normalized spacial score (nSPS) is 11.4. The summed E-state index contributed by atoms with van der Waals surface area (Å²) in [5, 5.41) is 5.75. The molecule has 0 radical (unpaired) electrons. The molecule has 0 saturated carbocycles. The van der Waals surface area contributed by atoms with Crippen molar-refractivity contribution in [1.82, 2.24) is 19.7 Å². The van der Waals surface area contributed by atoms with Crippen LogP contribution in [-0.2, 0) is 16.6 Å². The van der Waals surface area contributed by atoms with Crippen molar-refractivity contribution >= 4 is 33.5 Å². The molecule has 3 aromatic rings. The van der Waals surface area contributed by atoms with Crippen molar-refractivity contribution in [1.29, 1.82) is 0 Å². The topological polar surface area (TPSA) is 144 Å². The van der Waals surface area contributed by atoms with Gasteiger partial charge in [0, 0.05) is 17.8 Å². The predicted molar refractivity (Wildman–Crippen MR) is 151 cm³/mol. The number of aromatic nitrogens is 3. The lowest BCUT2D eigenvalue weighted by Crippen LogP contribution is -2.31. The van der Waals surface area contributed by atoms with E-state index in [1.54, 1.807) is 0 Å². The summed E-state index contributed by atoms with van der Waals surface area (Å²) in [6.45, 7) is 4.71. The van der Waals surface area contributed by atoms with Gasteiger partial charge in [-0.3, -0.25) is 4.79 Å². The Kier molecular flexibility index (Phi) is 11.5. The Balaban J connectivity index is 1.70. The number of alkyl halides is 3. The van der Waals surface area contributed by atoms with E-state index in [1.807, 2.05) is 29.0 Å². The average Bonchev–Trinajstić information content (AvgIpc) is 2.93. The molecule has 0 spiro atoms. The molecule has 0 atom stereocenters. The summed E-state index contributed by atoms with van der Waals surface area (Å²) in [5.41, 5.74) is 1.25. The molecular formula is C27H31F3N6O5S. The molecule has 11 nitrogen and oxygen atoms in total. The zero-order valence-corrected chi connectivity index (χ0v) is 23.6. The standard InChI is InChI=1S/C27H31F3N6O5S/c1-3-5-6-15-40-22-13-7-19(8-14-22)17-31-24-33-25(35-26(34-24)41-18-27(28,29)30)32-21-11-9-20(10-12-21)23(37)36-42(38,39)16-4-2/h4,7-14H,2-3,5-6,15-18H2,1H3,(H,36,37)(H2,31,32,33,34,35). The van der Waals surface area contributed by atoms with Gasteiger partial charge in [-0.1, -0.05) is 38.0 Å². The number of amides is 1. The minimum atomic E-state index is -4.61. The molecule has 0 aliphatic carbocycles. The van der Waals surface area contributed by atoms with Gasteiger partial charge >= 0.3 is 12.2 Å². The summed E-state index contributed by atoms with van der Waals surface area (Å²) < 4.78 is 74.1. The van der Waals surface area contributed by atoms with Crippen LogP contribution in [0.5, 0.6) is 11.8 Å². The number of hydrogen-bond donors (Lipinski definition) is 3. The lowest BCUT2D eigenvalue weighted by molar-refractivity contribution is -0.154. The van der Waals surface area contributed by atoms with Crippen LogP contribution in [0, 0.1) is 0 Å². The van der Waals surface area contributed by atoms with Crippen LogP contribution in [0.2, 0.25) is 0 Å². The minimum Gasteiger partial charge on any atom is -0.494 e. The van der Waals surface area contributed by atoms with Crippen LogP contribution in [0.1, 0.15) is 42.1 Å². The van der Waals surface area contributed by atoms with Gasteiger partial charge in [-0.15, -0.1) is 6.58 Å². The summed E-state index contributed by atoms with van der Waals surface area (Å²) in [7, 11) is -3.86. The summed E-state index contributed by atoms with van der Waals surface area (Å²) >= 11 is 0. The second kappa shape index (κ2) is 15.0. The van der Waals surface area contributed by atoms with Gasteiger partial charge in [-0.25, -0.2) is 13.1 Å². The first-order chi connectivity index (χ1) is 20.0. The van der Waals surface area contributed by atoms with E-state index in [2.05, 4.69) is 39.1 Å². The lowest BCUT2D eigenvalue weighted by atomic mass is 10.2. The fourth-order valence-electron chi connectivity index (χ4n) is 3.36. The highest BCUT2D eigenvalue weighted by Crippen LogP contribution is 2.21. The zero-order valence-electron chi connectivity index (χ0n) is 22.8. The number of ether oxygens (including phenoxy) is 2. The molecule has 0 aliphatic rings. The van der Waals surface area contributed by atoms with Gasteiger partial charge in [0.05, 0.1) is 12.4 Å². The average molecular weight is 609 g/mol. The number of halogens is 3.